The van der Waals surface area contributed by atoms with Gasteiger partial charge in [0.2, 0.25) is 0 Å². The minimum Gasteiger partial charge on any atom is -0.349 e. The number of aryl methyl sites for hydroxylation is 1. The molecule has 8 heteroatoms. The molecule has 0 fully saturated rings. The lowest BCUT2D eigenvalue weighted by Crippen LogP contribution is -2.28. The molecule has 3 heterocycles. The number of nitrogens with zero attached hydrogens (tertiary/aromatic N) is 5. The first-order valence-electron chi connectivity index (χ1n) is 9.27. The molecule has 0 saturated heterocycles. The number of rotatable bonds is 6. The molecule has 8 nitrogen and oxygen atoms in total. The van der Waals surface area contributed by atoms with Crippen molar-refractivity contribution in [3.8, 4) is 0 Å². The number of benzene rings is 1. The molecule has 0 bridgehead atoms. The van der Waals surface area contributed by atoms with Crippen molar-refractivity contribution in [2.45, 2.75) is 20.0 Å². The number of fused-ring (bicyclic) bond motifs is 1. The average molecular weight is 388 g/mol. The summed E-state index contributed by atoms with van der Waals surface area (Å²) >= 11 is 0. The second-order valence-corrected chi connectivity index (χ2v) is 6.74. The largest absolute Gasteiger partial charge is 0.349 e. The van der Waals surface area contributed by atoms with Crippen molar-refractivity contribution < 1.29 is 4.79 Å². The van der Waals surface area contributed by atoms with Gasteiger partial charge < -0.3 is 5.32 Å². The highest BCUT2D eigenvalue weighted by Crippen LogP contribution is 2.08. The van der Waals surface area contributed by atoms with Crippen molar-refractivity contribution in [2.24, 2.45) is 0 Å². The summed E-state index contributed by atoms with van der Waals surface area (Å²) in [6.45, 7) is 3.22. The number of pyridine rings is 1. The molecule has 0 unspecified atom stereocenters. The lowest BCUT2D eigenvalue weighted by Gasteiger charge is -2.08. The summed E-state index contributed by atoms with van der Waals surface area (Å²) in [6, 6.07) is 13.2. The first kappa shape index (κ1) is 18.5. The maximum absolute atomic E-state index is 12.8. The summed E-state index contributed by atoms with van der Waals surface area (Å²) in [6.07, 6.45) is 4.64. The number of hydrogen-bond acceptors (Lipinski definition) is 5. The van der Waals surface area contributed by atoms with Crippen LogP contribution in [0, 0.1) is 6.92 Å². The van der Waals surface area contributed by atoms with Gasteiger partial charge >= 0.3 is 0 Å². The van der Waals surface area contributed by atoms with Crippen LogP contribution in [0.5, 0.6) is 0 Å². The van der Waals surface area contributed by atoms with E-state index >= 15 is 0 Å². The van der Waals surface area contributed by atoms with Gasteiger partial charge in [0, 0.05) is 12.7 Å². The lowest BCUT2D eigenvalue weighted by atomic mass is 10.1. The molecule has 0 atom stereocenters. The summed E-state index contributed by atoms with van der Waals surface area (Å²) < 4.78 is 3.19. The van der Waals surface area contributed by atoms with E-state index < -0.39 is 0 Å². The zero-order valence-electron chi connectivity index (χ0n) is 15.9. The Balaban J connectivity index is 1.47. The van der Waals surface area contributed by atoms with Gasteiger partial charge in [-0.25, -0.2) is 9.67 Å². The highest BCUT2D eigenvalue weighted by atomic mass is 16.2. The van der Waals surface area contributed by atoms with Crippen LogP contribution in [0.2, 0.25) is 0 Å². The van der Waals surface area contributed by atoms with E-state index in [1.165, 1.54) is 12.5 Å². The molecule has 29 heavy (non-hydrogen) atoms. The van der Waals surface area contributed by atoms with Crippen molar-refractivity contribution in [3.05, 3.63) is 88.4 Å². The fraction of sp³-hybridized carbons (Fsp3) is 0.190. The maximum Gasteiger partial charge on any atom is 0.269 e. The van der Waals surface area contributed by atoms with Crippen molar-refractivity contribution in [1.29, 1.82) is 0 Å². The molecule has 0 saturated carbocycles. The first-order valence-corrected chi connectivity index (χ1v) is 9.27. The number of carbonyl (C=O) groups excluding carboxylic acids is 1. The lowest BCUT2D eigenvalue weighted by molar-refractivity contribution is 0.0947. The van der Waals surface area contributed by atoms with Gasteiger partial charge in [-0.1, -0.05) is 35.9 Å². The minimum atomic E-state index is -0.254. The normalized spacial score (nSPS) is 10.9. The second-order valence-electron chi connectivity index (χ2n) is 6.74. The van der Waals surface area contributed by atoms with Crippen LogP contribution < -0.4 is 10.9 Å². The Morgan fingerprint density at radius 1 is 1.14 bits per heavy atom. The van der Waals surface area contributed by atoms with E-state index in [1.807, 2.05) is 31.2 Å². The summed E-state index contributed by atoms with van der Waals surface area (Å²) in [5.41, 5.74) is 2.90. The first-order chi connectivity index (χ1) is 14.1. The molecular weight excluding hydrogens is 368 g/mol. The molecule has 4 rings (SSSR count). The monoisotopic (exact) mass is 388 g/mol. The quantitative estimate of drug-likeness (QED) is 0.543. The van der Waals surface area contributed by atoms with E-state index in [4.69, 9.17) is 0 Å². The summed E-state index contributed by atoms with van der Waals surface area (Å²) in [7, 11) is 0. The third-order valence-electron chi connectivity index (χ3n) is 4.56. The van der Waals surface area contributed by atoms with Gasteiger partial charge in [0.15, 0.2) is 5.65 Å². The second kappa shape index (κ2) is 8.05. The topological polar surface area (TPSA) is 94.7 Å². The smallest absolute Gasteiger partial charge is 0.269 e. The predicted octanol–water partition coefficient (Wildman–Crippen LogP) is 1.77. The number of amides is 1. The Morgan fingerprint density at radius 2 is 2.03 bits per heavy atom. The van der Waals surface area contributed by atoms with E-state index in [9.17, 15) is 9.59 Å². The zero-order valence-corrected chi connectivity index (χ0v) is 15.9. The SMILES string of the molecule is Cc1cccc(Cn2cnc3c(cnn3CCNC(=O)c3ccccn3)c2=O)c1. The number of hydrogen-bond donors (Lipinski definition) is 1. The molecule has 0 aliphatic heterocycles. The Bertz CT molecular complexity index is 1210. The van der Waals surface area contributed by atoms with Crippen molar-refractivity contribution >= 4 is 16.9 Å². The molecule has 0 aliphatic rings. The van der Waals surface area contributed by atoms with Gasteiger partial charge in [-0.3, -0.25) is 19.1 Å². The van der Waals surface area contributed by atoms with Crippen LogP contribution >= 0.6 is 0 Å². The Kier molecular flexibility index (Phi) is 5.15. The summed E-state index contributed by atoms with van der Waals surface area (Å²) in [4.78, 5) is 33.3. The van der Waals surface area contributed by atoms with Crippen LogP contribution in [-0.4, -0.2) is 36.8 Å². The zero-order chi connectivity index (χ0) is 20.2. The summed E-state index contributed by atoms with van der Waals surface area (Å²) in [5.74, 6) is -0.254. The molecule has 4 aromatic rings. The third kappa shape index (κ3) is 4.06. The van der Waals surface area contributed by atoms with E-state index in [1.54, 1.807) is 33.6 Å². The van der Waals surface area contributed by atoms with Crippen molar-refractivity contribution in [3.63, 3.8) is 0 Å². The van der Waals surface area contributed by atoms with Crippen LogP contribution in [0.1, 0.15) is 21.6 Å². The van der Waals surface area contributed by atoms with Gasteiger partial charge in [-0.15, -0.1) is 0 Å². The van der Waals surface area contributed by atoms with Gasteiger partial charge in [0.1, 0.15) is 17.4 Å². The molecule has 1 N–H and O–H groups in total. The summed E-state index contributed by atoms with van der Waals surface area (Å²) in [5, 5.41) is 7.51. The fourth-order valence-electron chi connectivity index (χ4n) is 3.14. The standard InChI is InChI=1S/C21H20N6O2/c1-15-5-4-6-16(11-15)13-26-14-24-19-17(21(26)29)12-25-27(19)10-9-23-20(28)18-7-2-3-8-22-18/h2-8,11-12,14H,9-10,13H2,1H3,(H,23,28). The van der Waals surface area contributed by atoms with E-state index in [2.05, 4.69) is 20.4 Å². The molecule has 0 radical (unpaired) electrons. The van der Waals surface area contributed by atoms with Crippen molar-refractivity contribution in [1.82, 2.24) is 29.6 Å². The van der Waals surface area contributed by atoms with E-state index in [0.29, 0.717) is 36.4 Å². The molecule has 3 aromatic heterocycles. The van der Waals surface area contributed by atoms with Crippen LogP contribution in [0.15, 0.2) is 66.0 Å². The van der Waals surface area contributed by atoms with Gasteiger partial charge in [-0.2, -0.15) is 5.10 Å². The Hall–Kier alpha value is -3.81. The van der Waals surface area contributed by atoms with Crippen LogP contribution in [0.25, 0.3) is 11.0 Å². The van der Waals surface area contributed by atoms with Crippen molar-refractivity contribution in [2.75, 3.05) is 6.54 Å². The number of aromatic nitrogens is 5. The Morgan fingerprint density at radius 3 is 2.83 bits per heavy atom. The Labute approximate surface area is 166 Å². The highest BCUT2D eigenvalue weighted by molar-refractivity contribution is 5.92. The number of carbonyl (C=O) groups is 1. The van der Waals surface area contributed by atoms with E-state index in [0.717, 1.165) is 11.1 Å². The average Bonchev–Trinajstić information content (AvgIpc) is 3.14. The fourth-order valence-corrected chi connectivity index (χ4v) is 3.14. The maximum atomic E-state index is 12.8. The highest BCUT2D eigenvalue weighted by Gasteiger charge is 2.11. The molecule has 0 aliphatic carbocycles. The molecular formula is C21H20N6O2. The third-order valence-corrected chi connectivity index (χ3v) is 4.56. The van der Waals surface area contributed by atoms with Crippen LogP contribution in [-0.2, 0) is 13.1 Å². The minimum absolute atomic E-state index is 0.139. The van der Waals surface area contributed by atoms with Gasteiger partial charge in [0.05, 0.1) is 19.3 Å². The molecule has 1 aromatic carbocycles. The predicted molar refractivity (Wildman–Crippen MR) is 109 cm³/mol. The van der Waals surface area contributed by atoms with Crippen LogP contribution in [0.3, 0.4) is 0 Å². The number of nitrogens with one attached hydrogen (secondary N) is 1. The van der Waals surface area contributed by atoms with Gasteiger partial charge in [0.25, 0.3) is 11.5 Å². The molecule has 0 spiro atoms. The van der Waals surface area contributed by atoms with Crippen LogP contribution in [0.4, 0.5) is 0 Å². The molecule has 146 valence electrons. The molecule has 1 amide bonds. The van der Waals surface area contributed by atoms with Gasteiger partial charge in [-0.05, 0) is 24.6 Å². The van der Waals surface area contributed by atoms with E-state index in [-0.39, 0.29) is 11.5 Å².